The monoisotopic (exact) mass is 258 g/mol. The molecule has 2 N–H and O–H groups in total. The topological polar surface area (TPSA) is 29.3 Å². The van der Waals surface area contributed by atoms with E-state index in [-0.39, 0.29) is 5.54 Å². The van der Waals surface area contributed by atoms with Crippen LogP contribution in [0.5, 0.6) is 0 Å². The van der Waals surface area contributed by atoms with Crippen LogP contribution in [0, 0.1) is 0 Å². The number of hydrogen-bond acceptors (Lipinski definition) is 3. The van der Waals surface area contributed by atoms with Crippen LogP contribution >= 0.6 is 11.8 Å². The van der Waals surface area contributed by atoms with Crippen molar-refractivity contribution >= 4 is 11.8 Å². The molecule has 0 spiro atoms. The summed E-state index contributed by atoms with van der Waals surface area (Å²) in [6, 6.07) is 0.661. The van der Waals surface area contributed by atoms with Gasteiger partial charge in [-0.3, -0.25) is 4.90 Å². The highest BCUT2D eigenvalue weighted by molar-refractivity contribution is 8.00. The molecule has 102 valence electrons. The van der Waals surface area contributed by atoms with E-state index in [4.69, 9.17) is 5.73 Å². The van der Waals surface area contributed by atoms with Crippen LogP contribution in [0.1, 0.15) is 53.4 Å². The Hall–Kier alpha value is 0.270. The number of hydrogen-bond donors (Lipinski definition) is 1. The molecule has 1 aliphatic heterocycles. The van der Waals surface area contributed by atoms with Crippen LogP contribution in [-0.2, 0) is 0 Å². The fraction of sp³-hybridized carbons (Fsp3) is 1.00. The van der Waals surface area contributed by atoms with Crippen LogP contribution < -0.4 is 5.73 Å². The Morgan fingerprint density at radius 1 is 1.35 bits per heavy atom. The molecule has 0 aromatic rings. The van der Waals surface area contributed by atoms with E-state index in [0.29, 0.717) is 6.04 Å². The molecular weight excluding hydrogens is 228 g/mol. The van der Waals surface area contributed by atoms with Crippen molar-refractivity contribution in [3.05, 3.63) is 0 Å². The average molecular weight is 258 g/mol. The normalized spacial score (nSPS) is 30.2. The summed E-state index contributed by atoms with van der Waals surface area (Å²) in [7, 11) is 0. The molecule has 1 rings (SSSR count). The molecule has 0 radical (unpaired) electrons. The summed E-state index contributed by atoms with van der Waals surface area (Å²) in [6.45, 7) is 11.3. The lowest BCUT2D eigenvalue weighted by atomic mass is 9.86. The first-order chi connectivity index (χ1) is 8.11. The molecule has 3 heteroatoms. The average Bonchev–Trinajstić information content (AvgIpc) is 2.36. The smallest absolute Gasteiger partial charge is 0.0332 e. The Balaban J connectivity index is 2.80. The minimum absolute atomic E-state index is 0.255. The van der Waals surface area contributed by atoms with Crippen LogP contribution in [0.4, 0.5) is 0 Å². The molecule has 17 heavy (non-hydrogen) atoms. The van der Waals surface area contributed by atoms with Crippen molar-refractivity contribution in [1.29, 1.82) is 0 Å². The summed E-state index contributed by atoms with van der Waals surface area (Å²) >= 11 is 2.11. The van der Waals surface area contributed by atoms with E-state index in [9.17, 15) is 0 Å². The van der Waals surface area contributed by atoms with Gasteiger partial charge < -0.3 is 5.73 Å². The maximum absolute atomic E-state index is 6.15. The van der Waals surface area contributed by atoms with E-state index < -0.39 is 0 Å². The molecule has 3 unspecified atom stereocenters. The lowest BCUT2D eigenvalue weighted by Crippen LogP contribution is -2.61. The zero-order valence-electron chi connectivity index (χ0n) is 12.0. The summed E-state index contributed by atoms with van der Waals surface area (Å²) in [5.74, 6) is 1.26. The maximum Gasteiger partial charge on any atom is 0.0332 e. The van der Waals surface area contributed by atoms with E-state index in [1.54, 1.807) is 0 Å². The number of nitrogens with two attached hydrogens (primary N) is 1. The highest BCUT2D eigenvalue weighted by Gasteiger charge is 2.39. The van der Waals surface area contributed by atoms with Crippen LogP contribution in [0.15, 0.2) is 0 Å². The summed E-state index contributed by atoms with van der Waals surface area (Å²) in [5.41, 5.74) is 6.40. The first-order valence-corrected chi connectivity index (χ1v) is 8.24. The second-order valence-corrected chi connectivity index (χ2v) is 6.88. The van der Waals surface area contributed by atoms with Crippen molar-refractivity contribution in [3.8, 4) is 0 Å². The predicted octanol–water partition coefficient (Wildman–Crippen LogP) is 3.11. The Kier molecular flexibility index (Phi) is 6.32. The molecule has 2 nitrogen and oxygen atoms in total. The van der Waals surface area contributed by atoms with Crippen LogP contribution in [0.25, 0.3) is 0 Å². The number of unbranched alkanes of at least 4 members (excludes halogenated alkanes) is 1. The Morgan fingerprint density at radius 3 is 2.59 bits per heavy atom. The Bertz CT molecular complexity index is 216. The highest BCUT2D eigenvalue weighted by Crippen LogP contribution is 2.34. The van der Waals surface area contributed by atoms with E-state index in [2.05, 4.69) is 44.4 Å². The molecule has 1 saturated heterocycles. The highest BCUT2D eigenvalue weighted by atomic mass is 32.2. The third-order valence-electron chi connectivity index (χ3n) is 4.53. The maximum atomic E-state index is 6.15. The van der Waals surface area contributed by atoms with Gasteiger partial charge in [-0.1, -0.05) is 33.6 Å². The minimum atomic E-state index is 0.255. The van der Waals surface area contributed by atoms with E-state index in [1.165, 1.54) is 38.0 Å². The second kappa shape index (κ2) is 7.01. The third kappa shape index (κ3) is 3.39. The first-order valence-electron chi connectivity index (χ1n) is 7.19. The second-order valence-electron chi connectivity index (χ2n) is 5.40. The van der Waals surface area contributed by atoms with Crippen LogP contribution in [0.3, 0.4) is 0 Å². The predicted molar refractivity (Wildman–Crippen MR) is 79.7 cm³/mol. The van der Waals surface area contributed by atoms with Gasteiger partial charge in [0.15, 0.2) is 0 Å². The van der Waals surface area contributed by atoms with Gasteiger partial charge in [0.2, 0.25) is 0 Å². The fourth-order valence-electron chi connectivity index (χ4n) is 3.00. The number of thioether (sulfide) groups is 1. The van der Waals surface area contributed by atoms with Crippen molar-refractivity contribution in [1.82, 2.24) is 4.90 Å². The number of rotatable bonds is 6. The molecule has 0 amide bonds. The van der Waals surface area contributed by atoms with E-state index in [0.717, 1.165) is 11.8 Å². The first kappa shape index (κ1) is 15.3. The van der Waals surface area contributed by atoms with Crippen LogP contribution in [0.2, 0.25) is 0 Å². The van der Waals surface area contributed by atoms with Crippen LogP contribution in [-0.4, -0.2) is 40.6 Å². The van der Waals surface area contributed by atoms with Crippen molar-refractivity contribution in [3.63, 3.8) is 0 Å². The molecule has 0 bridgehead atoms. The Morgan fingerprint density at radius 2 is 2.06 bits per heavy atom. The van der Waals surface area contributed by atoms with Crippen molar-refractivity contribution < 1.29 is 0 Å². The zero-order valence-corrected chi connectivity index (χ0v) is 12.9. The van der Waals surface area contributed by atoms with Gasteiger partial charge in [-0.15, -0.1) is 0 Å². The lowest BCUT2D eigenvalue weighted by Gasteiger charge is -2.50. The fourth-order valence-corrected chi connectivity index (χ4v) is 4.09. The summed E-state index contributed by atoms with van der Waals surface area (Å²) in [5, 5.41) is 0.739. The third-order valence-corrected chi connectivity index (χ3v) is 5.86. The van der Waals surface area contributed by atoms with Gasteiger partial charge in [0.05, 0.1) is 0 Å². The van der Waals surface area contributed by atoms with Gasteiger partial charge >= 0.3 is 0 Å². The van der Waals surface area contributed by atoms with Gasteiger partial charge in [-0.05, 0) is 19.8 Å². The SMILES string of the molecule is CCCCC(CC)(CN)N1CCSC(C)C1C. The van der Waals surface area contributed by atoms with Gasteiger partial charge in [0.1, 0.15) is 0 Å². The van der Waals surface area contributed by atoms with Gasteiger partial charge in [0.25, 0.3) is 0 Å². The number of nitrogens with zero attached hydrogens (tertiary/aromatic N) is 1. The molecule has 0 saturated carbocycles. The molecule has 0 aromatic carbocycles. The van der Waals surface area contributed by atoms with E-state index in [1.807, 2.05) is 0 Å². The standard InChI is InChI=1S/C14H30N2S/c1-5-7-8-14(6-2,11-15)16-9-10-17-13(4)12(16)3/h12-13H,5-11,15H2,1-4H3. The molecular formula is C14H30N2S. The quantitative estimate of drug-likeness (QED) is 0.794. The molecule has 1 aliphatic rings. The summed E-state index contributed by atoms with van der Waals surface area (Å²) < 4.78 is 0. The van der Waals surface area contributed by atoms with E-state index >= 15 is 0 Å². The zero-order chi connectivity index (χ0) is 12.9. The largest absolute Gasteiger partial charge is 0.329 e. The van der Waals surface area contributed by atoms with Crippen molar-refractivity contribution in [2.24, 2.45) is 5.73 Å². The van der Waals surface area contributed by atoms with Crippen molar-refractivity contribution in [2.75, 3.05) is 18.8 Å². The molecule has 3 atom stereocenters. The summed E-state index contributed by atoms with van der Waals surface area (Å²) in [6.07, 6.45) is 5.02. The molecule has 0 aliphatic carbocycles. The van der Waals surface area contributed by atoms with Gasteiger partial charge in [-0.25, -0.2) is 0 Å². The van der Waals surface area contributed by atoms with Crippen molar-refractivity contribution in [2.45, 2.75) is 70.2 Å². The minimum Gasteiger partial charge on any atom is -0.329 e. The Labute approximate surface area is 112 Å². The lowest BCUT2D eigenvalue weighted by molar-refractivity contribution is 0.0445. The molecule has 1 fully saturated rings. The van der Waals surface area contributed by atoms with Gasteiger partial charge in [0, 0.05) is 35.7 Å². The molecule has 1 heterocycles. The summed E-state index contributed by atoms with van der Waals surface area (Å²) in [4.78, 5) is 2.71. The van der Waals surface area contributed by atoms with Gasteiger partial charge in [-0.2, -0.15) is 11.8 Å². The molecule has 0 aromatic heterocycles.